The Hall–Kier alpha value is -1.30. The van der Waals surface area contributed by atoms with E-state index in [-0.39, 0.29) is 11.9 Å². The van der Waals surface area contributed by atoms with E-state index in [0.717, 1.165) is 11.3 Å². The summed E-state index contributed by atoms with van der Waals surface area (Å²) in [4.78, 5) is 0. The number of hydrogen-bond donors (Lipinski definition) is 2. The number of methoxy groups -OCH3 is 1. The lowest BCUT2D eigenvalue weighted by Gasteiger charge is -2.22. The lowest BCUT2D eigenvalue weighted by molar-refractivity contribution is 0.407. The van der Waals surface area contributed by atoms with Gasteiger partial charge in [0.25, 0.3) is 0 Å². The highest BCUT2D eigenvalue weighted by Crippen LogP contribution is 2.34. The molecule has 0 aliphatic rings. The summed E-state index contributed by atoms with van der Waals surface area (Å²) >= 11 is 9.42. The zero-order valence-electron chi connectivity index (χ0n) is 11.4. The van der Waals surface area contributed by atoms with Crippen molar-refractivity contribution in [2.75, 3.05) is 19.0 Å². The minimum Gasteiger partial charge on any atom is -0.496 e. The van der Waals surface area contributed by atoms with Gasteiger partial charge in [0.1, 0.15) is 11.6 Å². The Morgan fingerprint density at radius 1 is 1.38 bits per heavy atom. The van der Waals surface area contributed by atoms with E-state index in [9.17, 15) is 4.39 Å². The molecule has 0 bridgehead atoms. The molecule has 0 aromatic heterocycles. The Labute approximate surface area is 136 Å². The Bertz CT molecular complexity index is 639. The third-order valence-corrected chi connectivity index (χ3v) is 4.01. The van der Waals surface area contributed by atoms with E-state index in [0.29, 0.717) is 21.8 Å². The van der Waals surface area contributed by atoms with Gasteiger partial charge in [-0.1, -0.05) is 17.7 Å². The van der Waals surface area contributed by atoms with Crippen LogP contribution < -0.4 is 15.8 Å². The lowest BCUT2D eigenvalue weighted by atomic mass is 10.0. The average Bonchev–Trinajstić information content (AvgIpc) is 2.48. The molecule has 3 nitrogen and oxygen atoms in total. The van der Waals surface area contributed by atoms with Gasteiger partial charge in [-0.05, 0) is 46.3 Å². The van der Waals surface area contributed by atoms with E-state index in [1.54, 1.807) is 25.3 Å². The SMILES string of the molecule is COc1cccc(Cl)c1C(CN)Nc1ccc(F)c(Br)c1. The van der Waals surface area contributed by atoms with Crippen LogP contribution in [0.3, 0.4) is 0 Å². The predicted molar refractivity (Wildman–Crippen MR) is 87.5 cm³/mol. The fourth-order valence-electron chi connectivity index (χ4n) is 2.07. The molecular formula is C15H15BrClFN2O. The van der Waals surface area contributed by atoms with Crippen molar-refractivity contribution in [3.05, 3.63) is 57.3 Å². The van der Waals surface area contributed by atoms with Crippen molar-refractivity contribution in [3.8, 4) is 5.75 Å². The molecule has 1 atom stereocenters. The molecule has 0 saturated heterocycles. The molecule has 6 heteroatoms. The summed E-state index contributed by atoms with van der Waals surface area (Å²) in [7, 11) is 1.58. The number of anilines is 1. The molecule has 2 aromatic carbocycles. The van der Waals surface area contributed by atoms with Gasteiger partial charge in [0, 0.05) is 22.8 Å². The molecule has 0 fully saturated rings. The van der Waals surface area contributed by atoms with Gasteiger partial charge in [0.05, 0.1) is 17.6 Å². The summed E-state index contributed by atoms with van der Waals surface area (Å²) in [5, 5.41) is 3.81. The van der Waals surface area contributed by atoms with Crippen molar-refractivity contribution >= 4 is 33.2 Å². The first-order valence-electron chi connectivity index (χ1n) is 6.31. The van der Waals surface area contributed by atoms with E-state index < -0.39 is 0 Å². The fraction of sp³-hybridized carbons (Fsp3) is 0.200. The van der Waals surface area contributed by atoms with Crippen LogP contribution in [0.4, 0.5) is 10.1 Å². The first-order valence-corrected chi connectivity index (χ1v) is 7.48. The van der Waals surface area contributed by atoms with Gasteiger partial charge in [0.2, 0.25) is 0 Å². The molecule has 21 heavy (non-hydrogen) atoms. The molecule has 2 rings (SSSR count). The first-order chi connectivity index (χ1) is 10.1. The largest absolute Gasteiger partial charge is 0.496 e. The van der Waals surface area contributed by atoms with Gasteiger partial charge < -0.3 is 15.8 Å². The van der Waals surface area contributed by atoms with Crippen molar-refractivity contribution in [1.82, 2.24) is 0 Å². The number of hydrogen-bond acceptors (Lipinski definition) is 3. The molecule has 1 unspecified atom stereocenters. The van der Waals surface area contributed by atoms with Crippen molar-refractivity contribution in [1.29, 1.82) is 0 Å². The maximum Gasteiger partial charge on any atom is 0.137 e. The van der Waals surface area contributed by atoms with Crippen molar-refractivity contribution in [3.63, 3.8) is 0 Å². The summed E-state index contributed by atoms with van der Waals surface area (Å²) in [5.74, 6) is 0.340. The van der Waals surface area contributed by atoms with Gasteiger partial charge >= 0.3 is 0 Å². The summed E-state index contributed by atoms with van der Waals surface area (Å²) in [6.45, 7) is 0.315. The summed E-state index contributed by atoms with van der Waals surface area (Å²) in [6.07, 6.45) is 0. The predicted octanol–water partition coefficient (Wildman–Crippen LogP) is 4.36. The van der Waals surface area contributed by atoms with Crippen LogP contribution in [0.25, 0.3) is 0 Å². The number of nitrogens with two attached hydrogens (primary N) is 1. The molecular weight excluding hydrogens is 359 g/mol. The number of benzene rings is 2. The monoisotopic (exact) mass is 372 g/mol. The number of nitrogens with one attached hydrogen (secondary N) is 1. The molecule has 0 spiro atoms. The molecule has 3 N–H and O–H groups in total. The van der Waals surface area contributed by atoms with Crippen molar-refractivity contribution in [2.45, 2.75) is 6.04 Å². The molecule has 112 valence electrons. The van der Waals surface area contributed by atoms with Gasteiger partial charge in [-0.2, -0.15) is 0 Å². The van der Waals surface area contributed by atoms with Crippen LogP contribution in [0.1, 0.15) is 11.6 Å². The smallest absolute Gasteiger partial charge is 0.137 e. The zero-order chi connectivity index (χ0) is 15.4. The highest BCUT2D eigenvalue weighted by molar-refractivity contribution is 9.10. The summed E-state index contributed by atoms with van der Waals surface area (Å²) in [5.41, 5.74) is 7.37. The Kier molecular flexibility index (Phi) is 5.45. The average molecular weight is 374 g/mol. The van der Waals surface area contributed by atoms with Gasteiger partial charge in [-0.3, -0.25) is 0 Å². The highest BCUT2D eigenvalue weighted by Gasteiger charge is 2.18. The van der Waals surface area contributed by atoms with Crippen LogP contribution >= 0.6 is 27.5 Å². The molecule has 0 aliphatic heterocycles. The van der Waals surface area contributed by atoms with Gasteiger partial charge in [-0.15, -0.1) is 0 Å². The summed E-state index contributed by atoms with van der Waals surface area (Å²) < 4.78 is 19.0. The molecule has 0 saturated carbocycles. The third kappa shape index (κ3) is 3.67. The second-order valence-electron chi connectivity index (χ2n) is 4.42. The van der Waals surface area contributed by atoms with E-state index in [1.165, 1.54) is 6.07 Å². The fourth-order valence-corrected chi connectivity index (χ4v) is 2.75. The topological polar surface area (TPSA) is 47.3 Å². The number of ether oxygens (including phenoxy) is 1. The van der Waals surface area contributed by atoms with Crippen LogP contribution in [-0.2, 0) is 0 Å². The first kappa shape index (κ1) is 16.1. The summed E-state index contributed by atoms with van der Waals surface area (Å²) in [6, 6.07) is 9.85. The number of rotatable bonds is 5. The van der Waals surface area contributed by atoms with E-state index in [4.69, 9.17) is 22.1 Å². The van der Waals surface area contributed by atoms with Crippen LogP contribution in [0.5, 0.6) is 5.75 Å². The van der Waals surface area contributed by atoms with Crippen LogP contribution in [0, 0.1) is 5.82 Å². The highest BCUT2D eigenvalue weighted by atomic mass is 79.9. The van der Waals surface area contributed by atoms with Crippen LogP contribution in [-0.4, -0.2) is 13.7 Å². The normalized spacial score (nSPS) is 12.0. The molecule has 0 radical (unpaired) electrons. The second-order valence-corrected chi connectivity index (χ2v) is 5.68. The minimum atomic E-state index is -0.319. The maximum atomic E-state index is 13.3. The third-order valence-electron chi connectivity index (χ3n) is 3.08. The minimum absolute atomic E-state index is 0.244. The molecule has 0 amide bonds. The lowest BCUT2D eigenvalue weighted by Crippen LogP contribution is -2.21. The second kappa shape index (κ2) is 7.11. The number of halogens is 3. The quantitative estimate of drug-likeness (QED) is 0.818. The Morgan fingerprint density at radius 2 is 2.14 bits per heavy atom. The van der Waals surface area contributed by atoms with Gasteiger partial charge in [-0.25, -0.2) is 4.39 Å². The van der Waals surface area contributed by atoms with Crippen molar-refractivity contribution < 1.29 is 9.13 Å². The maximum absolute atomic E-state index is 13.3. The zero-order valence-corrected chi connectivity index (χ0v) is 13.7. The Morgan fingerprint density at radius 3 is 2.76 bits per heavy atom. The standard InChI is InChI=1S/C15H15BrClFN2O/c1-21-14-4-2-3-11(17)15(14)13(8-19)20-9-5-6-12(18)10(16)7-9/h2-7,13,20H,8,19H2,1H3. The van der Waals surface area contributed by atoms with Gasteiger partial charge in [0.15, 0.2) is 0 Å². The molecule has 0 aliphatic carbocycles. The van der Waals surface area contributed by atoms with Crippen LogP contribution in [0.15, 0.2) is 40.9 Å². The van der Waals surface area contributed by atoms with Crippen molar-refractivity contribution in [2.24, 2.45) is 5.73 Å². The van der Waals surface area contributed by atoms with E-state index in [1.807, 2.05) is 12.1 Å². The van der Waals surface area contributed by atoms with E-state index in [2.05, 4.69) is 21.2 Å². The molecule has 0 heterocycles. The van der Waals surface area contributed by atoms with Crippen LogP contribution in [0.2, 0.25) is 5.02 Å². The molecule has 2 aromatic rings. The van der Waals surface area contributed by atoms with E-state index >= 15 is 0 Å². The Balaban J connectivity index is 2.34.